The van der Waals surface area contributed by atoms with E-state index in [1.807, 2.05) is 19.5 Å². The molecule has 2 aromatic carbocycles. The van der Waals surface area contributed by atoms with Gasteiger partial charge in [0.15, 0.2) is 0 Å². The van der Waals surface area contributed by atoms with Gasteiger partial charge in [0.1, 0.15) is 6.54 Å². The molecule has 0 atom stereocenters. The van der Waals surface area contributed by atoms with Gasteiger partial charge >= 0.3 is 0 Å². The fraction of sp³-hybridized carbons (Fsp3) is 0.364. The first kappa shape index (κ1) is 26.6. The molecule has 11 heteroatoms. The van der Waals surface area contributed by atoms with Crippen LogP contribution in [0.3, 0.4) is 0 Å². The molecule has 0 fully saturated rings. The summed E-state index contributed by atoms with van der Waals surface area (Å²) in [6, 6.07) is 12.3. The fourth-order valence-electron chi connectivity index (χ4n) is 3.02. The van der Waals surface area contributed by atoms with Gasteiger partial charge in [0.2, 0.25) is 5.91 Å². The van der Waals surface area contributed by atoms with E-state index in [4.69, 9.17) is 17.4 Å². The maximum Gasteiger partial charge on any atom is 0.264 e. The molecule has 0 radical (unpaired) electrons. The van der Waals surface area contributed by atoms with Crippen LogP contribution >= 0.6 is 11.6 Å². The molecule has 0 aliphatic carbocycles. The monoisotopic (exact) mass is 495 g/mol. The number of aryl methyl sites for hydroxylation is 1. The minimum atomic E-state index is -4.05. The Morgan fingerprint density at radius 3 is 2.21 bits per heavy atom. The Morgan fingerprint density at radius 2 is 1.64 bits per heavy atom. The summed E-state index contributed by atoms with van der Waals surface area (Å²) in [5, 5.41) is 3.31. The van der Waals surface area contributed by atoms with Gasteiger partial charge < -0.3 is 10.2 Å². The third kappa shape index (κ3) is 8.32. The molecule has 0 aliphatic heterocycles. The van der Waals surface area contributed by atoms with E-state index in [2.05, 4.69) is 10.2 Å². The van der Waals surface area contributed by atoms with Gasteiger partial charge in [-0.15, -0.1) is 0 Å². The zero-order chi connectivity index (χ0) is 24.4. The van der Waals surface area contributed by atoms with E-state index in [1.165, 1.54) is 36.4 Å². The van der Waals surface area contributed by atoms with Gasteiger partial charge in [-0.3, -0.25) is 19.3 Å². The minimum Gasteiger partial charge on any atom is -0.356 e. The van der Waals surface area contributed by atoms with E-state index in [-0.39, 0.29) is 16.5 Å². The highest BCUT2D eigenvalue weighted by Gasteiger charge is 2.27. The van der Waals surface area contributed by atoms with E-state index in [0.717, 1.165) is 22.8 Å². The van der Waals surface area contributed by atoms with E-state index in [1.54, 1.807) is 12.1 Å². The van der Waals surface area contributed by atoms with Gasteiger partial charge in [-0.25, -0.2) is 14.3 Å². The molecular weight excluding hydrogens is 466 g/mol. The summed E-state index contributed by atoms with van der Waals surface area (Å²) < 4.78 is 27.5. The molecular formula is C22H30ClN5O4S. The third-order valence-electron chi connectivity index (χ3n) is 4.82. The average Bonchev–Trinajstić information content (AvgIpc) is 2.79. The first-order valence-corrected chi connectivity index (χ1v) is 12.2. The number of nitrogens with one attached hydrogen (secondary N) is 2. The number of sulfonamides is 1. The molecule has 4 N–H and O–H groups in total. The van der Waals surface area contributed by atoms with Crippen molar-refractivity contribution in [3.05, 3.63) is 59.1 Å². The number of halogens is 1. The predicted octanol–water partition coefficient (Wildman–Crippen LogP) is 1.53. The van der Waals surface area contributed by atoms with Crippen LogP contribution in [-0.2, 0) is 26.0 Å². The van der Waals surface area contributed by atoms with Crippen LogP contribution in [0.15, 0.2) is 53.4 Å². The SMILES string of the molecule is CN(C)CCCNC(=O)CCc1ccc(S(=O)(=O)N(CC(=O)NN)c2ccc(Cl)cc2)cc1. The third-order valence-corrected chi connectivity index (χ3v) is 6.86. The molecule has 180 valence electrons. The smallest absolute Gasteiger partial charge is 0.264 e. The molecule has 2 aromatic rings. The standard InChI is InChI=1S/C22H30ClN5O4S/c1-27(2)15-3-14-25-21(29)13-6-17-4-11-20(12-5-17)33(31,32)28(16-22(30)26-24)19-9-7-18(23)8-10-19/h4-5,7-12H,3,6,13-16,24H2,1-2H3,(H,25,29)(H,26,30). The largest absolute Gasteiger partial charge is 0.356 e. The van der Waals surface area contributed by atoms with Crippen LogP contribution < -0.4 is 20.9 Å². The van der Waals surface area contributed by atoms with Crippen molar-refractivity contribution < 1.29 is 18.0 Å². The maximum absolute atomic E-state index is 13.2. The van der Waals surface area contributed by atoms with Gasteiger partial charge in [0.05, 0.1) is 10.6 Å². The summed E-state index contributed by atoms with van der Waals surface area (Å²) in [5.74, 6) is 4.44. The van der Waals surface area contributed by atoms with Crippen LogP contribution in [0.4, 0.5) is 5.69 Å². The lowest BCUT2D eigenvalue weighted by molar-refractivity contribution is -0.121. The highest BCUT2D eigenvalue weighted by molar-refractivity contribution is 7.92. The normalized spacial score (nSPS) is 11.3. The lowest BCUT2D eigenvalue weighted by atomic mass is 10.1. The van der Waals surface area contributed by atoms with Crippen LogP contribution in [-0.4, -0.2) is 58.9 Å². The van der Waals surface area contributed by atoms with Crippen LogP contribution in [0.25, 0.3) is 0 Å². The van der Waals surface area contributed by atoms with Crippen molar-refractivity contribution in [2.75, 3.05) is 38.0 Å². The average molecular weight is 496 g/mol. The van der Waals surface area contributed by atoms with Crippen molar-refractivity contribution in [2.24, 2.45) is 5.84 Å². The molecule has 2 rings (SSSR count). The number of benzene rings is 2. The molecule has 9 nitrogen and oxygen atoms in total. The van der Waals surface area contributed by atoms with Crippen LogP contribution in [0.5, 0.6) is 0 Å². The lowest BCUT2D eigenvalue weighted by Gasteiger charge is -2.24. The number of rotatable bonds is 12. The summed E-state index contributed by atoms with van der Waals surface area (Å²) in [4.78, 5) is 25.9. The zero-order valence-corrected chi connectivity index (χ0v) is 20.3. The van der Waals surface area contributed by atoms with Crippen molar-refractivity contribution in [3.8, 4) is 0 Å². The molecule has 33 heavy (non-hydrogen) atoms. The summed E-state index contributed by atoms with van der Waals surface area (Å²) in [5.41, 5.74) is 3.05. The zero-order valence-electron chi connectivity index (χ0n) is 18.8. The van der Waals surface area contributed by atoms with Gasteiger partial charge in [0.25, 0.3) is 15.9 Å². The molecule has 0 bridgehead atoms. The van der Waals surface area contributed by atoms with E-state index in [0.29, 0.717) is 24.4 Å². The molecule has 0 heterocycles. The summed E-state index contributed by atoms with van der Waals surface area (Å²) in [6.07, 6.45) is 1.66. The van der Waals surface area contributed by atoms with Crippen molar-refractivity contribution in [3.63, 3.8) is 0 Å². The number of amides is 2. The molecule has 0 aliphatic rings. The minimum absolute atomic E-state index is 0.0131. The Balaban J connectivity index is 2.07. The highest BCUT2D eigenvalue weighted by atomic mass is 35.5. The molecule has 0 saturated heterocycles. The number of anilines is 1. The van der Waals surface area contributed by atoms with Crippen molar-refractivity contribution in [2.45, 2.75) is 24.2 Å². The molecule has 0 unspecified atom stereocenters. The Kier molecular flexibility index (Phi) is 10.1. The summed E-state index contributed by atoms with van der Waals surface area (Å²) in [7, 11) is -0.0926. The number of nitrogens with zero attached hydrogens (tertiary/aromatic N) is 2. The number of hydrogen-bond donors (Lipinski definition) is 3. The second-order valence-electron chi connectivity index (χ2n) is 7.71. The topological polar surface area (TPSA) is 125 Å². The van der Waals surface area contributed by atoms with Crippen molar-refractivity contribution >= 4 is 39.1 Å². The Bertz CT molecular complexity index is 1030. The Labute approximate surface area is 199 Å². The molecule has 0 aromatic heterocycles. The second kappa shape index (κ2) is 12.5. The molecule has 0 saturated carbocycles. The van der Waals surface area contributed by atoms with Crippen molar-refractivity contribution in [1.82, 2.24) is 15.6 Å². The van der Waals surface area contributed by atoms with E-state index < -0.39 is 22.5 Å². The second-order valence-corrected chi connectivity index (χ2v) is 10.0. The first-order valence-electron chi connectivity index (χ1n) is 10.4. The van der Waals surface area contributed by atoms with Crippen LogP contribution in [0, 0.1) is 0 Å². The number of hydrogen-bond acceptors (Lipinski definition) is 6. The van der Waals surface area contributed by atoms with Gasteiger partial charge in [-0.2, -0.15) is 0 Å². The van der Waals surface area contributed by atoms with Gasteiger partial charge in [0, 0.05) is 18.0 Å². The molecule has 2 amide bonds. The maximum atomic E-state index is 13.2. The highest BCUT2D eigenvalue weighted by Crippen LogP contribution is 2.25. The van der Waals surface area contributed by atoms with Gasteiger partial charge in [-0.05, 0) is 75.4 Å². The number of carbonyl (C=O) groups is 2. The number of carbonyl (C=O) groups excluding carboxylic acids is 2. The summed E-state index contributed by atoms with van der Waals surface area (Å²) >= 11 is 5.90. The van der Waals surface area contributed by atoms with E-state index >= 15 is 0 Å². The number of nitrogens with two attached hydrogens (primary N) is 1. The van der Waals surface area contributed by atoms with E-state index in [9.17, 15) is 18.0 Å². The number of hydrazine groups is 1. The Morgan fingerprint density at radius 1 is 1.00 bits per heavy atom. The van der Waals surface area contributed by atoms with Crippen molar-refractivity contribution in [1.29, 1.82) is 0 Å². The lowest BCUT2D eigenvalue weighted by Crippen LogP contribution is -2.43. The quantitative estimate of drug-likeness (QED) is 0.177. The Hall–Kier alpha value is -2.66. The molecule has 0 spiro atoms. The summed E-state index contributed by atoms with van der Waals surface area (Å²) in [6.45, 7) is 1.03. The first-order chi connectivity index (χ1) is 15.6. The van der Waals surface area contributed by atoms with Gasteiger partial charge in [-0.1, -0.05) is 23.7 Å². The predicted molar refractivity (Wildman–Crippen MR) is 129 cm³/mol. The fourth-order valence-corrected chi connectivity index (χ4v) is 4.57. The van der Waals surface area contributed by atoms with Crippen LogP contribution in [0.1, 0.15) is 18.4 Å². The van der Waals surface area contributed by atoms with Crippen LogP contribution in [0.2, 0.25) is 5.02 Å².